The van der Waals surface area contributed by atoms with Crippen molar-refractivity contribution in [1.82, 2.24) is 0 Å². The summed E-state index contributed by atoms with van der Waals surface area (Å²) < 4.78 is 22.6. The van der Waals surface area contributed by atoms with Crippen LogP contribution in [0.5, 0.6) is 0 Å². The first-order valence-electron chi connectivity index (χ1n) is 4.09. The van der Waals surface area contributed by atoms with Gasteiger partial charge in [-0.15, -0.1) is 0 Å². The van der Waals surface area contributed by atoms with E-state index in [2.05, 4.69) is 9.12 Å². The minimum Gasteiger partial charge on any atom is -0.382 e. The fourth-order valence-electron chi connectivity index (χ4n) is 1.29. The number of fused-ring (bicyclic) bond motifs is 1. The van der Waals surface area contributed by atoms with Crippen molar-refractivity contribution in [2.45, 2.75) is 4.90 Å². The van der Waals surface area contributed by atoms with E-state index < -0.39 is 11.2 Å². The van der Waals surface area contributed by atoms with Crippen LogP contribution in [0.2, 0.25) is 0 Å². The van der Waals surface area contributed by atoms with Gasteiger partial charge in [0.1, 0.15) is 5.84 Å². The van der Waals surface area contributed by atoms with Crippen LogP contribution in [0.4, 0.5) is 5.69 Å². The highest BCUT2D eigenvalue weighted by Gasteiger charge is 2.19. The zero-order valence-electron chi connectivity index (χ0n) is 7.89. The summed E-state index contributed by atoms with van der Waals surface area (Å²) in [6.07, 6.45) is 0. The van der Waals surface area contributed by atoms with Gasteiger partial charge in [0.25, 0.3) is 0 Å². The fourth-order valence-corrected chi connectivity index (χ4v) is 2.58. The summed E-state index contributed by atoms with van der Waals surface area (Å²) in [7, 11) is 1.58. The molecular weight excluding hydrogens is 234 g/mol. The number of hydrogen-bond acceptors (Lipinski definition) is 4. The Kier molecular flexibility index (Phi) is 2.94. The topological polar surface area (TPSA) is 76.7 Å². The van der Waals surface area contributed by atoms with Gasteiger partial charge in [0.15, 0.2) is 0 Å². The van der Waals surface area contributed by atoms with Gasteiger partial charge in [-0.3, -0.25) is 4.72 Å². The second-order valence-electron chi connectivity index (χ2n) is 2.76. The van der Waals surface area contributed by atoms with Crippen LogP contribution in [-0.4, -0.2) is 17.2 Å². The van der Waals surface area contributed by atoms with Gasteiger partial charge < -0.3 is 9.92 Å². The average molecular weight is 243 g/mol. The minimum atomic E-state index is -1.48. The van der Waals surface area contributed by atoms with E-state index in [4.69, 9.17) is 9.92 Å². The van der Waals surface area contributed by atoms with Crippen LogP contribution in [0.3, 0.4) is 0 Å². The number of nitrogens with two attached hydrogens (primary N) is 1. The number of amidine groups is 1. The Bertz CT molecular complexity index is 448. The third-order valence-corrected chi connectivity index (χ3v) is 3.28. The van der Waals surface area contributed by atoms with Gasteiger partial charge in [-0.05, 0) is 12.1 Å². The molecule has 0 amide bonds. The van der Waals surface area contributed by atoms with Crippen LogP contribution < -0.4 is 10.5 Å². The molecule has 1 aliphatic heterocycles. The Morgan fingerprint density at radius 1 is 1.60 bits per heavy atom. The molecule has 0 spiro atoms. The molecule has 80 valence electrons. The molecule has 0 fully saturated rings. The summed E-state index contributed by atoms with van der Waals surface area (Å²) in [5.74, 6) is 0.266. The summed E-state index contributed by atoms with van der Waals surface area (Å²) in [6, 6.07) is 5.50. The average Bonchev–Trinajstić information content (AvgIpc) is 2.17. The summed E-state index contributed by atoms with van der Waals surface area (Å²) in [4.78, 5) is 0.848. The Balaban J connectivity index is 2.53. The maximum Gasteiger partial charge on any atom is 0.244 e. The number of nitrogens with one attached hydrogen (secondary N) is 1. The van der Waals surface area contributed by atoms with E-state index in [0.717, 1.165) is 10.5 Å². The first-order chi connectivity index (χ1) is 7.22. The normalized spacial score (nSPS) is 19.0. The molecule has 0 radical (unpaired) electrons. The van der Waals surface area contributed by atoms with Crippen molar-refractivity contribution < 1.29 is 8.39 Å². The molecule has 1 aromatic rings. The largest absolute Gasteiger partial charge is 0.382 e. The van der Waals surface area contributed by atoms with E-state index in [9.17, 15) is 4.21 Å². The van der Waals surface area contributed by atoms with Gasteiger partial charge in [0, 0.05) is 16.9 Å². The highest BCUT2D eigenvalue weighted by molar-refractivity contribution is 7.94. The standard InChI is InChI=1S/C8H9N3O2S2/c1-13-14-6-4-2-3-5-7(6)8(9)11-15(12)10-5/h2-4,10H,1H3,(H2,9,11). The summed E-state index contributed by atoms with van der Waals surface area (Å²) in [5.41, 5.74) is 7.17. The molecular formula is C8H9N3O2S2. The fraction of sp³-hybridized carbons (Fsp3) is 0.125. The molecule has 0 bridgehead atoms. The number of anilines is 1. The second-order valence-corrected chi connectivity index (χ2v) is 4.58. The van der Waals surface area contributed by atoms with E-state index in [1.54, 1.807) is 13.2 Å². The van der Waals surface area contributed by atoms with Crippen LogP contribution in [0.1, 0.15) is 5.56 Å². The van der Waals surface area contributed by atoms with Crippen LogP contribution >= 0.6 is 12.0 Å². The van der Waals surface area contributed by atoms with Crippen molar-refractivity contribution in [3.8, 4) is 0 Å². The molecule has 2 rings (SSSR count). The minimum absolute atomic E-state index is 0.266. The molecule has 15 heavy (non-hydrogen) atoms. The van der Waals surface area contributed by atoms with Gasteiger partial charge in [-0.1, -0.05) is 6.07 Å². The predicted octanol–water partition coefficient (Wildman–Crippen LogP) is 1.05. The quantitative estimate of drug-likeness (QED) is 0.761. The third kappa shape index (κ3) is 1.99. The molecule has 1 unspecified atom stereocenters. The van der Waals surface area contributed by atoms with Crippen LogP contribution in [0.15, 0.2) is 27.5 Å². The van der Waals surface area contributed by atoms with Crippen LogP contribution in [-0.2, 0) is 15.4 Å². The van der Waals surface area contributed by atoms with Crippen molar-refractivity contribution in [1.29, 1.82) is 0 Å². The lowest BCUT2D eigenvalue weighted by molar-refractivity contribution is 0.490. The first kappa shape index (κ1) is 10.5. The molecule has 1 aliphatic rings. The molecule has 3 N–H and O–H groups in total. The zero-order chi connectivity index (χ0) is 10.8. The first-order valence-corrected chi connectivity index (χ1v) is 5.94. The summed E-state index contributed by atoms with van der Waals surface area (Å²) in [5, 5.41) is 0. The second kappa shape index (κ2) is 4.21. The smallest absolute Gasteiger partial charge is 0.244 e. The van der Waals surface area contributed by atoms with E-state index >= 15 is 0 Å². The number of hydrogen-bond donors (Lipinski definition) is 2. The molecule has 0 aliphatic carbocycles. The van der Waals surface area contributed by atoms with Crippen molar-refractivity contribution in [2.24, 2.45) is 10.1 Å². The monoisotopic (exact) mass is 243 g/mol. The Hall–Kier alpha value is -1.05. The summed E-state index contributed by atoms with van der Waals surface area (Å²) in [6.45, 7) is 0. The molecule has 1 atom stereocenters. The van der Waals surface area contributed by atoms with Crippen molar-refractivity contribution in [2.75, 3.05) is 11.8 Å². The maximum absolute atomic E-state index is 11.2. The number of benzene rings is 1. The molecule has 5 nitrogen and oxygen atoms in total. The molecule has 1 aromatic carbocycles. The Labute approximate surface area is 94.0 Å². The number of rotatable bonds is 2. The lowest BCUT2D eigenvalue weighted by atomic mass is 10.1. The molecule has 0 saturated heterocycles. The Morgan fingerprint density at radius 3 is 3.13 bits per heavy atom. The third-order valence-electron chi connectivity index (χ3n) is 1.83. The van der Waals surface area contributed by atoms with Gasteiger partial charge in [0.2, 0.25) is 11.2 Å². The summed E-state index contributed by atoms with van der Waals surface area (Å²) >= 11 is -0.286. The lowest BCUT2D eigenvalue weighted by Crippen LogP contribution is -2.23. The molecule has 7 heteroatoms. The van der Waals surface area contributed by atoms with E-state index in [0.29, 0.717) is 5.69 Å². The predicted molar refractivity (Wildman–Crippen MR) is 61.8 cm³/mol. The molecule has 1 heterocycles. The maximum atomic E-state index is 11.2. The zero-order valence-corrected chi connectivity index (χ0v) is 9.52. The molecule has 0 aromatic heterocycles. The van der Waals surface area contributed by atoms with Gasteiger partial charge >= 0.3 is 0 Å². The van der Waals surface area contributed by atoms with E-state index in [1.807, 2.05) is 12.1 Å². The van der Waals surface area contributed by atoms with Crippen molar-refractivity contribution in [3.63, 3.8) is 0 Å². The Morgan fingerprint density at radius 2 is 2.40 bits per heavy atom. The van der Waals surface area contributed by atoms with E-state index in [1.165, 1.54) is 12.0 Å². The van der Waals surface area contributed by atoms with E-state index in [-0.39, 0.29) is 5.84 Å². The highest BCUT2D eigenvalue weighted by Crippen LogP contribution is 2.30. The van der Waals surface area contributed by atoms with Crippen molar-refractivity contribution >= 4 is 34.7 Å². The SMILES string of the molecule is COSc1cccc2c1C(N)=NS(=O)N2. The van der Waals surface area contributed by atoms with Gasteiger partial charge in [0.05, 0.1) is 18.4 Å². The highest BCUT2D eigenvalue weighted by atomic mass is 32.2. The number of nitrogens with zero attached hydrogens (tertiary/aromatic N) is 1. The molecule has 0 saturated carbocycles. The van der Waals surface area contributed by atoms with Crippen LogP contribution in [0, 0.1) is 0 Å². The van der Waals surface area contributed by atoms with Gasteiger partial charge in [-0.2, -0.15) is 4.40 Å². The van der Waals surface area contributed by atoms with Gasteiger partial charge in [-0.25, -0.2) is 4.21 Å². The van der Waals surface area contributed by atoms with Crippen LogP contribution in [0.25, 0.3) is 0 Å². The lowest BCUT2D eigenvalue weighted by Gasteiger charge is -2.16. The van der Waals surface area contributed by atoms with Crippen molar-refractivity contribution in [3.05, 3.63) is 23.8 Å².